The summed E-state index contributed by atoms with van der Waals surface area (Å²) in [7, 11) is 1.55. The van der Waals surface area contributed by atoms with Gasteiger partial charge in [0.25, 0.3) is 5.91 Å². The van der Waals surface area contributed by atoms with Gasteiger partial charge in [0.05, 0.1) is 7.11 Å². The number of alkyl carbamates (subject to hydrolysis) is 1. The summed E-state index contributed by atoms with van der Waals surface area (Å²) >= 11 is 0. The highest BCUT2D eigenvalue weighted by molar-refractivity contribution is 5.99. The van der Waals surface area contributed by atoms with E-state index in [1.807, 2.05) is 0 Å². The first kappa shape index (κ1) is 31.2. The Bertz CT molecular complexity index is 1400. The zero-order valence-electron chi connectivity index (χ0n) is 24.9. The maximum absolute atomic E-state index is 14.5. The third-order valence-corrected chi connectivity index (χ3v) is 7.18. The summed E-state index contributed by atoms with van der Waals surface area (Å²) in [5.41, 5.74) is 0.925. The van der Waals surface area contributed by atoms with Crippen LogP contribution in [0.25, 0.3) is 0 Å². The number of nitrogens with one attached hydrogen (secondary N) is 2. The maximum Gasteiger partial charge on any atom is 0.408 e. The van der Waals surface area contributed by atoms with Crippen molar-refractivity contribution in [1.82, 2.24) is 10.2 Å². The highest BCUT2D eigenvalue weighted by atomic mass is 16.6. The van der Waals surface area contributed by atoms with Crippen LogP contribution in [0.15, 0.2) is 72.8 Å². The zero-order chi connectivity index (χ0) is 31.1. The molecule has 0 spiro atoms. The fraction of sp³-hybridized carbons (Fsp3) is 0.364. The van der Waals surface area contributed by atoms with Gasteiger partial charge < -0.3 is 35.2 Å². The van der Waals surface area contributed by atoms with Crippen molar-refractivity contribution < 1.29 is 34.1 Å². The van der Waals surface area contributed by atoms with E-state index in [2.05, 4.69) is 10.6 Å². The van der Waals surface area contributed by atoms with E-state index in [0.29, 0.717) is 35.4 Å². The van der Waals surface area contributed by atoms with E-state index < -0.39 is 35.6 Å². The molecule has 0 bridgehead atoms. The lowest BCUT2D eigenvalue weighted by atomic mass is 9.87. The number of benzene rings is 3. The van der Waals surface area contributed by atoms with E-state index in [1.54, 1.807) is 81.3 Å². The van der Waals surface area contributed by atoms with Gasteiger partial charge in [-0.05, 0) is 99.7 Å². The van der Waals surface area contributed by atoms with E-state index >= 15 is 0 Å². The van der Waals surface area contributed by atoms with Crippen molar-refractivity contribution in [1.29, 1.82) is 0 Å². The summed E-state index contributed by atoms with van der Waals surface area (Å²) in [4.78, 5) is 43.1. The molecule has 0 saturated heterocycles. The first-order chi connectivity index (χ1) is 20.4. The number of aromatic hydroxyl groups is 2. The molecule has 2 unspecified atom stereocenters. The molecule has 4 N–H and O–H groups in total. The highest BCUT2D eigenvalue weighted by Crippen LogP contribution is 2.35. The van der Waals surface area contributed by atoms with Crippen molar-refractivity contribution in [3.8, 4) is 17.2 Å². The van der Waals surface area contributed by atoms with E-state index in [4.69, 9.17) is 9.47 Å². The molecule has 0 aliphatic heterocycles. The van der Waals surface area contributed by atoms with Crippen LogP contribution >= 0.6 is 0 Å². The molecule has 10 nitrogen and oxygen atoms in total. The van der Waals surface area contributed by atoms with Crippen molar-refractivity contribution in [3.63, 3.8) is 0 Å². The highest BCUT2D eigenvalue weighted by Gasteiger charge is 2.42. The predicted octanol–water partition coefficient (Wildman–Crippen LogP) is 5.30. The fourth-order valence-electron chi connectivity index (χ4n) is 4.86. The van der Waals surface area contributed by atoms with Crippen LogP contribution in [0.3, 0.4) is 0 Å². The smallest absolute Gasteiger partial charge is 0.408 e. The van der Waals surface area contributed by atoms with Crippen LogP contribution in [0.1, 0.15) is 57.2 Å². The molecule has 228 valence electrons. The summed E-state index contributed by atoms with van der Waals surface area (Å²) in [6, 6.07) is 17.0. The van der Waals surface area contributed by atoms with Crippen LogP contribution in [0.5, 0.6) is 17.2 Å². The first-order valence-corrected chi connectivity index (χ1v) is 14.3. The van der Waals surface area contributed by atoms with Crippen molar-refractivity contribution in [2.24, 2.45) is 0 Å². The van der Waals surface area contributed by atoms with Crippen molar-refractivity contribution in [3.05, 3.63) is 83.9 Å². The molecular weight excluding hydrogens is 550 g/mol. The number of phenols is 2. The Morgan fingerprint density at radius 1 is 0.907 bits per heavy atom. The van der Waals surface area contributed by atoms with Gasteiger partial charge in [0.15, 0.2) is 0 Å². The number of hydrogen-bond donors (Lipinski definition) is 4. The minimum Gasteiger partial charge on any atom is -0.508 e. The number of carbonyl (C=O) groups excluding carboxylic acids is 3. The van der Waals surface area contributed by atoms with Crippen LogP contribution < -0.4 is 15.4 Å². The van der Waals surface area contributed by atoms with Crippen molar-refractivity contribution in [2.45, 2.75) is 70.2 Å². The molecule has 3 aromatic rings. The average Bonchev–Trinajstić information content (AvgIpc) is 2.92. The van der Waals surface area contributed by atoms with Crippen LogP contribution in [-0.2, 0) is 20.7 Å². The Morgan fingerprint density at radius 2 is 1.49 bits per heavy atom. The number of hydrogen-bond acceptors (Lipinski definition) is 7. The third kappa shape index (κ3) is 8.41. The van der Waals surface area contributed by atoms with E-state index in [9.17, 15) is 24.6 Å². The van der Waals surface area contributed by atoms with Crippen LogP contribution in [0, 0.1) is 0 Å². The van der Waals surface area contributed by atoms with Gasteiger partial charge in [0.1, 0.15) is 34.9 Å². The molecule has 0 aromatic heterocycles. The second kappa shape index (κ2) is 13.5. The van der Waals surface area contributed by atoms with Crippen LogP contribution in [0.2, 0.25) is 0 Å². The largest absolute Gasteiger partial charge is 0.508 e. The molecule has 0 radical (unpaired) electrons. The minimum absolute atomic E-state index is 0.0244. The van der Waals surface area contributed by atoms with Crippen LogP contribution in [0.4, 0.5) is 10.5 Å². The van der Waals surface area contributed by atoms with Crippen molar-refractivity contribution >= 4 is 23.6 Å². The molecule has 1 saturated carbocycles. The number of anilines is 1. The van der Waals surface area contributed by atoms with Gasteiger partial charge in [-0.25, -0.2) is 4.79 Å². The number of methoxy groups -OCH3 is 1. The SMILES string of the molecule is COc1ccc(NC(=O)C(c2ccc(O)cc2)N(C(=O)C(Cc2ccc(O)cc2)NC(=O)OC(C)(C)C)C2CCC2)cc1. The number of nitrogens with zero attached hydrogens (tertiary/aromatic N) is 1. The molecule has 4 rings (SSSR count). The van der Waals surface area contributed by atoms with Gasteiger partial charge in [-0.1, -0.05) is 24.3 Å². The number of phenolic OH excluding ortho intramolecular Hbond substituents is 2. The van der Waals surface area contributed by atoms with Crippen LogP contribution in [-0.4, -0.2) is 57.8 Å². The maximum atomic E-state index is 14.5. The normalized spacial score (nSPS) is 14.5. The lowest BCUT2D eigenvalue weighted by molar-refractivity contribution is -0.145. The monoisotopic (exact) mass is 589 g/mol. The minimum atomic E-state index is -1.08. The second-order valence-corrected chi connectivity index (χ2v) is 11.6. The number of amides is 3. The Morgan fingerprint density at radius 3 is 2.00 bits per heavy atom. The third-order valence-electron chi connectivity index (χ3n) is 7.18. The average molecular weight is 590 g/mol. The molecule has 3 aromatic carbocycles. The summed E-state index contributed by atoms with van der Waals surface area (Å²) in [6.45, 7) is 5.19. The van der Waals surface area contributed by atoms with Gasteiger partial charge in [-0.3, -0.25) is 9.59 Å². The first-order valence-electron chi connectivity index (χ1n) is 14.3. The molecule has 1 aliphatic carbocycles. The van der Waals surface area contributed by atoms with E-state index in [1.165, 1.54) is 24.3 Å². The Hall–Kier alpha value is -4.73. The van der Waals surface area contributed by atoms with Crippen molar-refractivity contribution in [2.75, 3.05) is 12.4 Å². The molecule has 0 heterocycles. The molecule has 1 fully saturated rings. The molecule has 3 amide bonds. The van der Waals surface area contributed by atoms with Gasteiger partial charge in [-0.15, -0.1) is 0 Å². The summed E-state index contributed by atoms with van der Waals surface area (Å²) in [5, 5.41) is 25.4. The van der Waals surface area contributed by atoms with Gasteiger partial charge in [0.2, 0.25) is 5.91 Å². The van der Waals surface area contributed by atoms with E-state index in [0.717, 1.165) is 6.42 Å². The summed E-state index contributed by atoms with van der Waals surface area (Å²) in [5.74, 6) is -0.171. The lowest BCUT2D eigenvalue weighted by Gasteiger charge is -2.43. The molecule has 2 atom stereocenters. The topological polar surface area (TPSA) is 137 Å². The number of ether oxygens (including phenoxy) is 2. The predicted molar refractivity (Wildman–Crippen MR) is 162 cm³/mol. The summed E-state index contributed by atoms with van der Waals surface area (Å²) < 4.78 is 10.7. The van der Waals surface area contributed by atoms with Gasteiger partial charge in [-0.2, -0.15) is 0 Å². The Labute approximate surface area is 251 Å². The zero-order valence-corrected chi connectivity index (χ0v) is 24.9. The molecular formula is C33H39N3O7. The summed E-state index contributed by atoms with van der Waals surface area (Å²) in [6.07, 6.45) is 1.61. The second-order valence-electron chi connectivity index (χ2n) is 11.6. The molecule has 43 heavy (non-hydrogen) atoms. The molecule has 10 heteroatoms. The van der Waals surface area contributed by atoms with Gasteiger partial charge >= 0.3 is 6.09 Å². The quantitative estimate of drug-likeness (QED) is 0.252. The number of carbonyl (C=O) groups is 3. The fourth-order valence-corrected chi connectivity index (χ4v) is 4.86. The Balaban J connectivity index is 1.72. The van der Waals surface area contributed by atoms with Gasteiger partial charge in [0, 0.05) is 18.2 Å². The standard InChI is InChI=1S/C33H39N3O7/c1-33(2,3)43-32(41)35-28(20-21-8-14-25(37)15-9-21)31(40)36(24-6-5-7-24)29(22-10-16-26(38)17-11-22)30(39)34-23-12-18-27(42-4)19-13-23/h8-19,24,28-29,37-38H,5-7,20H2,1-4H3,(H,34,39)(H,35,41). The number of rotatable bonds is 10. The lowest BCUT2D eigenvalue weighted by Crippen LogP contribution is -2.57. The molecule has 1 aliphatic rings. The Kier molecular flexibility index (Phi) is 9.80. The van der Waals surface area contributed by atoms with E-state index in [-0.39, 0.29) is 24.0 Å².